The van der Waals surface area contributed by atoms with E-state index in [0.29, 0.717) is 6.54 Å². The molecule has 0 spiro atoms. The van der Waals surface area contributed by atoms with Crippen LogP contribution in [0.15, 0.2) is 69.6 Å². The second kappa shape index (κ2) is 7.67. The normalized spacial score (nSPS) is 11.8. The number of halogens is 2. The number of hydrogen-bond acceptors (Lipinski definition) is 3. The predicted octanol–water partition coefficient (Wildman–Crippen LogP) is 7.10. The number of para-hydroxylation sites is 3. The first-order valence-electron chi connectivity index (χ1n) is 9.79. The van der Waals surface area contributed by atoms with Gasteiger partial charge >= 0.3 is 0 Å². The van der Waals surface area contributed by atoms with E-state index in [9.17, 15) is 0 Å². The molecule has 150 valence electrons. The van der Waals surface area contributed by atoms with E-state index in [1.165, 1.54) is 0 Å². The molecule has 0 saturated carbocycles. The minimum Gasteiger partial charge on any atom is -0.491 e. The van der Waals surface area contributed by atoms with Gasteiger partial charge in [-0.3, -0.25) is 0 Å². The van der Waals surface area contributed by atoms with Crippen LogP contribution in [0.5, 0.6) is 5.75 Å². The lowest BCUT2D eigenvalue weighted by atomic mass is 10.2. The molecule has 0 amide bonds. The van der Waals surface area contributed by atoms with Crippen molar-refractivity contribution in [2.75, 3.05) is 0 Å². The van der Waals surface area contributed by atoms with Crippen LogP contribution in [0.25, 0.3) is 33.1 Å². The molecule has 0 saturated heterocycles. The van der Waals surface area contributed by atoms with Crippen LogP contribution in [-0.4, -0.2) is 20.6 Å². The standard InChI is InChI=1S/C24H19Br2N3O/c1-14(2)30-21-10-6-3-7-15(21)13-29-23-17(11-16(25)12-18(23)26)22-24(29)28-20-9-5-4-8-19(20)27-22/h3-12,14H,13H2,1-2H3. The van der Waals surface area contributed by atoms with E-state index in [4.69, 9.17) is 14.7 Å². The van der Waals surface area contributed by atoms with Gasteiger partial charge < -0.3 is 9.30 Å². The Morgan fingerprint density at radius 2 is 1.63 bits per heavy atom. The highest BCUT2D eigenvalue weighted by Gasteiger charge is 2.19. The first-order valence-corrected chi connectivity index (χ1v) is 11.4. The first-order chi connectivity index (χ1) is 14.5. The van der Waals surface area contributed by atoms with E-state index < -0.39 is 0 Å². The van der Waals surface area contributed by atoms with Crippen LogP contribution < -0.4 is 4.74 Å². The molecule has 2 heterocycles. The Balaban J connectivity index is 1.81. The molecule has 3 aromatic carbocycles. The molecule has 0 fully saturated rings. The molecule has 0 unspecified atom stereocenters. The van der Waals surface area contributed by atoms with Crippen molar-refractivity contribution in [2.45, 2.75) is 26.5 Å². The number of ether oxygens (including phenoxy) is 1. The van der Waals surface area contributed by atoms with Crippen LogP contribution in [0.1, 0.15) is 19.4 Å². The molecule has 0 aliphatic heterocycles. The maximum atomic E-state index is 6.07. The topological polar surface area (TPSA) is 39.9 Å². The molecule has 0 aliphatic rings. The second-order valence-electron chi connectivity index (χ2n) is 7.53. The van der Waals surface area contributed by atoms with E-state index >= 15 is 0 Å². The SMILES string of the molecule is CC(C)Oc1ccccc1Cn1c2nc3ccccc3nc2c2cc(Br)cc(Br)c21. The average Bonchev–Trinajstić information content (AvgIpc) is 3.00. The summed E-state index contributed by atoms with van der Waals surface area (Å²) in [4.78, 5) is 9.96. The number of benzene rings is 3. The summed E-state index contributed by atoms with van der Waals surface area (Å²) in [6, 6.07) is 20.4. The fraction of sp³-hybridized carbons (Fsp3) is 0.167. The zero-order chi connectivity index (χ0) is 20.8. The minimum absolute atomic E-state index is 0.107. The third kappa shape index (κ3) is 3.38. The second-order valence-corrected chi connectivity index (χ2v) is 9.30. The summed E-state index contributed by atoms with van der Waals surface area (Å²) in [5.74, 6) is 0.893. The summed E-state index contributed by atoms with van der Waals surface area (Å²) in [5, 5.41) is 1.06. The molecule has 6 heteroatoms. The van der Waals surface area contributed by atoms with Gasteiger partial charge in [-0.25, -0.2) is 9.97 Å². The van der Waals surface area contributed by atoms with Gasteiger partial charge in [0.25, 0.3) is 0 Å². The molecule has 5 aromatic rings. The van der Waals surface area contributed by atoms with Gasteiger partial charge in [0.1, 0.15) is 11.3 Å². The van der Waals surface area contributed by atoms with Gasteiger partial charge in [-0.1, -0.05) is 46.3 Å². The summed E-state index contributed by atoms with van der Waals surface area (Å²) in [7, 11) is 0. The Kier molecular flexibility index (Phi) is 4.99. The Bertz CT molecular complexity index is 1410. The Hall–Kier alpha value is -2.44. The monoisotopic (exact) mass is 523 g/mol. The highest BCUT2D eigenvalue weighted by Crippen LogP contribution is 2.36. The van der Waals surface area contributed by atoms with Crippen LogP contribution in [0.2, 0.25) is 0 Å². The molecular formula is C24H19Br2N3O. The fourth-order valence-electron chi connectivity index (χ4n) is 3.81. The van der Waals surface area contributed by atoms with Crippen LogP contribution in [0, 0.1) is 0 Å². The molecular weight excluding hydrogens is 506 g/mol. The van der Waals surface area contributed by atoms with E-state index in [2.05, 4.69) is 54.6 Å². The maximum Gasteiger partial charge on any atom is 0.160 e. The minimum atomic E-state index is 0.107. The fourth-order valence-corrected chi connectivity index (χ4v) is 5.25. The van der Waals surface area contributed by atoms with Crippen molar-refractivity contribution in [3.05, 3.63) is 75.2 Å². The number of aromatic nitrogens is 3. The predicted molar refractivity (Wildman–Crippen MR) is 129 cm³/mol. The lowest BCUT2D eigenvalue weighted by Gasteiger charge is -2.16. The van der Waals surface area contributed by atoms with Crippen molar-refractivity contribution in [2.24, 2.45) is 0 Å². The number of fused-ring (bicyclic) bond motifs is 4. The summed E-state index contributed by atoms with van der Waals surface area (Å²) in [6.07, 6.45) is 0.107. The molecule has 5 rings (SSSR count). The summed E-state index contributed by atoms with van der Waals surface area (Å²) < 4.78 is 10.3. The van der Waals surface area contributed by atoms with Crippen LogP contribution in [0.3, 0.4) is 0 Å². The van der Waals surface area contributed by atoms with Crippen molar-refractivity contribution < 1.29 is 4.74 Å². The van der Waals surface area contributed by atoms with Crippen molar-refractivity contribution in [1.82, 2.24) is 14.5 Å². The quantitative estimate of drug-likeness (QED) is 0.252. The van der Waals surface area contributed by atoms with Crippen molar-refractivity contribution in [3.63, 3.8) is 0 Å². The molecule has 0 radical (unpaired) electrons. The van der Waals surface area contributed by atoms with Gasteiger partial charge in [0.2, 0.25) is 0 Å². The largest absolute Gasteiger partial charge is 0.491 e. The zero-order valence-corrected chi connectivity index (χ0v) is 19.7. The number of rotatable bonds is 4. The van der Waals surface area contributed by atoms with Crippen LogP contribution >= 0.6 is 31.9 Å². The zero-order valence-electron chi connectivity index (χ0n) is 16.6. The van der Waals surface area contributed by atoms with E-state index in [-0.39, 0.29) is 6.10 Å². The molecule has 0 atom stereocenters. The van der Waals surface area contributed by atoms with Gasteiger partial charge in [0.15, 0.2) is 5.65 Å². The highest BCUT2D eigenvalue weighted by molar-refractivity contribution is 9.11. The Morgan fingerprint density at radius 1 is 0.933 bits per heavy atom. The molecule has 4 nitrogen and oxygen atoms in total. The van der Waals surface area contributed by atoms with Crippen molar-refractivity contribution >= 4 is 65.0 Å². The first kappa shape index (κ1) is 19.5. The molecule has 0 bridgehead atoms. The number of nitrogens with zero attached hydrogens (tertiary/aromatic N) is 3. The molecule has 0 N–H and O–H groups in total. The third-order valence-electron chi connectivity index (χ3n) is 5.02. The molecule has 30 heavy (non-hydrogen) atoms. The van der Waals surface area contributed by atoms with Gasteiger partial charge in [-0.05, 0) is 60.1 Å². The van der Waals surface area contributed by atoms with Gasteiger partial charge in [-0.15, -0.1) is 0 Å². The summed E-state index contributed by atoms with van der Waals surface area (Å²) >= 11 is 7.39. The van der Waals surface area contributed by atoms with E-state index in [1.807, 2.05) is 56.3 Å². The highest BCUT2D eigenvalue weighted by atomic mass is 79.9. The molecule has 0 aliphatic carbocycles. The lowest BCUT2D eigenvalue weighted by Crippen LogP contribution is -2.09. The average molecular weight is 525 g/mol. The summed E-state index contributed by atoms with van der Waals surface area (Å²) in [5.41, 5.74) is 5.71. The van der Waals surface area contributed by atoms with E-state index in [0.717, 1.165) is 53.4 Å². The number of hydrogen-bond donors (Lipinski definition) is 0. The Labute approximate surface area is 191 Å². The molecule has 2 aromatic heterocycles. The van der Waals surface area contributed by atoms with Crippen LogP contribution in [-0.2, 0) is 6.54 Å². The van der Waals surface area contributed by atoms with Crippen LogP contribution in [0.4, 0.5) is 0 Å². The Morgan fingerprint density at radius 3 is 2.40 bits per heavy atom. The smallest absolute Gasteiger partial charge is 0.160 e. The lowest BCUT2D eigenvalue weighted by molar-refractivity contribution is 0.239. The third-order valence-corrected chi connectivity index (χ3v) is 6.09. The van der Waals surface area contributed by atoms with Gasteiger partial charge in [0.05, 0.1) is 29.2 Å². The maximum absolute atomic E-state index is 6.07. The van der Waals surface area contributed by atoms with Gasteiger partial charge in [-0.2, -0.15) is 0 Å². The summed E-state index contributed by atoms with van der Waals surface area (Å²) in [6.45, 7) is 4.72. The van der Waals surface area contributed by atoms with E-state index in [1.54, 1.807) is 0 Å². The van der Waals surface area contributed by atoms with Crippen molar-refractivity contribution in [3.8, 4) is 5.75 Å². The van der Waals surface area contributed by atoms with Gasteiger partial charge in [0, 0.05) is 19.9 Å². The van der Waals surface area contributed by atoms with Crippen molar-refractivity contribution in [1.29, 1.82) is 0 Å².